The fourth-order valence-electron chi connectivity index (χ4n) is 2.49. The zero-order chi connectivity index (χ0) is 14.8. The van der Waals surface area contributed by atoms with Crippen LogP contribution >= 0.6 is 27.5 Å². The van der Waals surface area contributed by atoms with Gasteiger partial charge in [-0.1, -0.05) is 33.6 Å². The van der Waals surface area contributed by atoms with Crippen LogP contribution in [0.2, 0.25) is 5.02 Å². The second-order valence-electron chi connectivity index (χ2n) is 4.99. The van der Waals surface area contributed by atoms with E-state index >= 15 is 0 Å². The highest BCUT2D eigenvalue weighted by Gasteiger charge is 2.20. The van der Waals surface area contributed by atoms with Crippen molar-refractivity contribution in [1.29, 1.82) is 0 Å². The van der Waals surface area contributed by atoms with Gasteiger partial charge in [-0.05, 0) is 43.2 Å². The molecule has 2 nitrogen and oxygen atoms in total. The van der Waals surface area contributed by atoms with Crippen molar-refractivity contribution in [2.24, 2.45) is 0 Å². The van der Waals surface area contributed by atoms with Gasteiger partial charge < -0.3 is 10.1 Å². The van der Waals surface area contributed by atoms with Crippen molar-refractivity contribution in [3.8, 4) is 5.75 Å². The monoisotopic (exact) mass is 369 g/mol. The molecule has 0 amide bonds. The molecule has 1 aliphatic heterocycles. The number of hydrogen-bond acceptors (Lipinski definition) is 2. The maximum absolute atomic E-state index is 13.1. The molecule has 2 aromatic rings. The lowest BCUT2D eigenvalue weighted by atomic mass is 10.0. The summed E-state index contributed by atoms with van der Waals surface area (Å²) in [6, 6.07) is 10.5. The van der Waals surface area contributed by atoms with Crippen LogP contribution in [0.15, 0.2) is 40.9 Å². The molecular formula is C16H14BrClFNO. The highest BCUT2D eigenvalue weighted by atomic mass is 79.9. The SMILES string of the molecule is Fc1ccc(NC2CCCOc3cc(Br)ccc32)c(Cl)c1. The third-order valence-corrected chi connectivity index (χ3v) is 4.31. The normalized spacial score (nSPS) is 17.6. The molecule has 1 N–H and O–H groups in total. The van der Waals surface area contributed by atoms with Crippen molar-refractivity contribution in [1.82, 2.24) is 0 Å². The number of ether oxygens (including phenoxy) is 1. The zero-order valence-corrected chi connectivity index (χ0v) is 13.5. The van der Waals surface area contributed by atoms with Gasteiger partial charge in [-0.15, -0.1) is 0 Å². The first kappa shape index (κ1) is 14.7. The van der Waals surface area contributed by atoms with Crippen molar-refractivity contribution in [3.05, 3.63) is 57.3 Å². The Labute approximate surface area is 136 Å². The summed E-state index contributed by atoms with van der Waals surface area (Å²) in [5.74, 6) is 0.539. The minimum atomic E-state index is -0.334. The topological polar surface area (TPSA) is 21.3 Å². The molecule has 0 aromatic heterocycles. The van der Waals surface area contributed by atoms with Gasteiger partial charge >= 0.3 is 0 Å². The van der Waals surface area contributed by atoms with E-state index in [1.54, 1.807) is 6.07 Å². The van der Waals surface area contributed by atoms with E-state index in [-0.39, 0.29) is 11.9 Å². The molecule has 1 unspecified atom stereocenters. The second kappa shape index (κ2) is 6.24. The van der Waals surface area contributed by atoms with Crippen molar-refractivity contribution in [3.63, 3.8) is 0 Å². The Bertz CT molecular complexity index is 665. The lowest BCUT2D eigenvalue weighted by Gasteiger charge is -2.20. The summed E-state index contributed by atoms with van der Waals surface area (Å²) in [6.45, 7) is 0.693. The molecule has 110 valence electrons. The smallest absolute Gasteiger partial charge is 0.125 e. The van der Waals surface area contributed by atoms with Gasteiger partial charge in [0.15, 0.2) is 0 Å². The molecule has 1 heterocycles. The number of rotatable bonds is 2. The molecule has 0 aliphatic carbocycles. The number of benzene rings is 2. The number of hydrogen-bond donors (Lipinski definition) is 1. The van der Waals surface area contributed by atoms with Gasteiger partial charge in [-0.2, -0.15) is 0 Å². The summed E-state index contributed by atoms with van der Waals surface area (Å²) in [6.07, 6.45) is 1.88. The molecule has 5 heteroatoms. The highest BCUT2D eigenvalue weighted by Crippen LogP contribution is 2.37. The molecule has 0 radical (unpaired) electrons. The average Bonchev–Trinajstić information content (AvgIpc) is 2.64. The molecule has 2 aromatic carbocycles. The molecule has 0 bridgehead atoms. The number of fused-ring (bicyclic) bond motifs is 1. The quantitative estimate of drug-likeness (QED) is 0.746. The van der Waals surface area contributed by atoms with Crippen LogP contribution in [0.5, 0.6) is 5.75 Å². The molecule has 3 rings (SSSR count). The van der Waals surface area contributed by atoms with E-state index < -0.39 is 0 Å². The van der Waals surface area contributed by atoms with Crippen molar-refractivity contribution in [2.45, 2.75) is 18.9 Å². The predicted octanol–water partition coefficient (Wildman–Crippen LogP) is 5.57. The highest BCUT2D eigenvalue weighted by molar-refractivity contribution is 9.10. The lowest BCUT2D eigenvalue weighted by Crippen LogP contribution is -2.10. The van der Waals surface area contributed by atoms with Crippen LogP contribution in [-0.2, 0) is 0 Å². The Morgan fingerprint density at radius 3 is 2.90 bits per heavy atom. The molecule has 1 atom stereocenters. The number of nitrogens with one attached hydrogen (secondary N) is 1. The standard InChI is InChI=1S/C16H14BrClFNO/c17-10-3-5-12-14(2-1-7-21-16(12)8-10)20-15-6-4-11(19)9-13(15)18/h3-6,8-9,14,20H,1-2,7H2. The molecule has 0 saturated heterocycles. The van der Waals surface area contributed by atoms with Gasteiger partial charge in [-0.3, -0.25) is 0 Å². The molecule has 0 fully saturated rings. The first-order chi connectivity index (χ1) is 10.1. The first-order valence-electron chi connectivity index (χ1n) is 6.77. The van der Waals surface area contributed by atoms with Crippen LogP contribution < -0.4 is 10.1 Å². The van der Waals surface area contributed by atoms with E-state index in [0.29, 0.717) is 11.6 Å². The molecule has 0 spiro atoms. The van der Waals surface area contributed by atoms with Crippen LogP contribution in [-0.4, -0.2) is 6.61 Å². The van der Waals surface area contributed by atoms with E-state index in [9.17, 15) is 4.39 Å². The Morgan fingerprint density at radius 1 is 1.24 bits per heavy atom. The van der Waals surface area contributed by atoms with Crippen molar-refractivity contribution >= 4 is 33.2 Å². The van der Waals surface area contributed by atoms with Gasteiger partial charge in [-0.25, -0.2) is 4.39 Å². The van der Waals surface area contributed by atoms with Crippen LogP contribution in [0, 0.1) is 5.82 Å². The summed E-state index contributed by atoms with van der Waals surface area (Å²) in [7, 11) is 0. The number of halogens is 3. The number of anilines is 1. The fraction of sp³-hybridized carbons (Fsp3) is 0.250. The van der Waals surface area contributed by atoms with Gasteiger partial charge in [0.1, 0.15) is 11.6 Å². The fourth-order valence-corrected chi connectivity index (χ4v) is 3.05. The third kappa shape index (κ3) is 3.33. The maximum Gasteiger partial charge on any atom is 0.125 e. The van der Waals surface area contributed by atoms with Gasteiger partial charge in [0, 0.05) is 10.0 Å². The second-order valence-corrected chi connectivity index (χ2v) is 6.32. The van der Waals surface area contributed by atoms with E-state index in [1.165, 1.54) is 12.1 Å². The lowest BCUT2D eigenvalue weighted by molar-refractivity contribution is 0.316. The zero-order valence-electron chi connectivity index (χ0n) is 11.2. The average molecular weight is 371 g/mol. The Hall–Kier alpha value is -1.26. The van der Waals surface area contributed by atoms with Gasteiger partial charge in [0.25, 0.3) is 0 Å². The Kier molecular flexibility index (Phi) is 4.36. The molecular weight excluding hydrogens is 357 g/mol. The minimum absolute atomic E-state index is 0.0959. The molecule has 0 saturated carbocycles. The predicted molar refractivity (Wildman–Crippen MR) is 86.6 cm³/mol. The Balaban J connectivity index is 1.92. The van der Waals surface area contributed by atoms with Crippen molar-refractivity contribution < 1.29 is 9.13 Å². The summed E-state index contributed by atoms with van der Waals surface area (Å²) >= 11 is 9.56. The van der Waals surface area contributed by atoms with Crippen LogP contribution in [0.25, 0.3) is 0 Å². The van der Waals surface area contributed by atoms with E-state index in [0.717, 1.165) is 34.3 Å². The molecule has 21 heavy (non-hydrogen) atoms. The van der Waals surface area contributed by atoms with Crippen molar-refractivity contribution in [2.75, 3.05) is 11.9 Å². The maximum atomic E-state index is 13.1. The van der Waals surface area contributed by atoms with Crippen LogP contribution in [0.1, 0.15) is 24.4 Å². The van der Waals surface area contributed by atoms with E-state index in [1.807, 2.05) is 18.2 Å². The van der Waals surface area contributed by atoms with Crippen LogP contribution in [0.3, 0.4) is 0 Å². The Morgan fingerprint density at radius 2 is 2.10 bits per heavy atom. The van der Waals surface area contributed by atoms with Gasteiger partial charge in [0.05, 0.1) is 23.4 Å². The first-order valence-corrected chi connectivity index (χ1v) is 7.94. The summed E-state index contributed by atoms with van der Waals surface area (Å²) in [5, 5.41) is 3.79. The van der Waals surface area contributed by atoms with Gasteiger partial charge in [0.2, 0.25) is 0 Å². The largest absolute Gasteiger partial charge is 0.493 e. The summed E-state index contributed by atoms with van der Waals surface area (Å²) < 4.78 is 19.9. The summed E-state index contributed by atoms with van der Waals surface area (Å²) in [4.78, 5) is 0. The summed E-state index contributed by atoms with van der Waals surface area (Å²) in [5.41, 5.74) is 1.83. The van der Waals surface area contributed by atoms with Crippen LogP contribution in [0.4, 0.5) is 10.1 Å². The third-order valence-electron chi connectivity index (χ3n) is 3.51. The van der Waals surface area contributed by atoms with E-state index in [4.69, 9.17) is 16.3 Å². The van der Waals surface area contributed by atoms with E-state index in [2.05, 4.69) is 21.2 Å². The minimum Gasteiger partial charge on any atom is -0.493 e. The molecule has 1 aliphatic rings.